The van der Waals surface area contributed by atoms with Crippen LogP contribution < -0.4 is 36.5 Å². The average Bonchev–Trinajstić information content (AvgIpc) is 3.48. The van der Waals surface area contributed by atoms with E-state index in [2.05, 4.69) is 43.1 Å². The first-order valence-corrected chi connectivity index (χ1v) is 14.2. The minimum absolute atomic E-state index is 0.0734. The zero-order valence-corrected chi connectivity index (χ0v) is 24.0. The van der Waals surface area contributed by atoms with E-state index in [-0.39, 0.29) is 19.1 Å². The second kappa shape index (κ2) is 16.9. The maximum absolute atomic E-state index is 12.3. The largest absolute Gasteiger partial charge is 0.454 e. The maximum Gasteiger partial charge on any atom is 0.233 e. The molecule has 1 aromatic heterocycles. The summed E-state index contributed by atoms with van der Waals surface area (Å²) in [5.74, 6) is 2.67. The van der Waals surface area contributed by atoms with Crippen molar-refractivity contribution in [3.05, 3.63) is 53.6 Å². The van der Waals surface area contributed by atoms with Gasteiger partial charge >= 0.3 is 0 Å². The van der Waals surface area contributed by atoms with Crippen molar-refractivity contribution in [3.63, 3.8) is 0 Å². The summed E-state index contributed by atoms with van der Waals surface area (Å²) in [5.41, 5.74) is 7.98. The van der Waals surface area contributed by atoms with Crippen molar-refractivity contribution < 1.29 is 23.7 Å². The molecule has 0 radical (unpaired) electrons. The molecule has 1 aliphatic rings. The molecular formula is C29H40N8O5. The van der Waals surface area contributed by atoms with Crippen molar-refractivity contribution in [1.29, 1.82) is 0 Å². The van der Waals surface area contributed by atoms with E-state index in [1.165, 1.54) is 0 Å². The Kier molecular flexibility index (Phi) is 12.4. The van der Waals surface area contributed by atoms with Crippen molar-refractivity contribution in [2.75, 3.05) is 68.8 Å². The first kappa shape index (κ1) is 30.8. The molecule has 3 aromatic rings. The number of carbonyl (C=O) groups excluding carboxylic acids is 1. The van der Waals surface area contributed by atoms with Crippen LogP contribution in [0.2, 0.25) is 0 Å². The van der Waals surface area contributed by atoms with E-state index in [0.29, 0.717) is 63.9 Å². The molecule has 0 saturated heterocycles. The molecule has 4 rings (SSSR count). The van der Waals surface area contributed by atoms with Crippen LogP contribution in [-0.4, -0.2) is 73.7 Å². The fourth-order valence-electron chi connectivity index (χ4n) is 4.02. The van der Waals surface area contributed by atoms with E-state index >= 15 is 0 Å². The molecule has 0 aliphatic carbocycles. The van der Waals surface area contributed by atoms with Gasteiger partial charge in [0.1, 0.15) is 0 Å². The van der Waals surface area contributed by atoms with Crippen LogP contribution in [0.4, 0.5) is 23.5 Å². The molecule has 13 heteroatoms. The molecule has 0 fully saturated rings. The van der Waals surface area contributed by atoms with Crippen LogP contribution in [-0.2, 0) is 27.2 Å². The van der Waals surface area contributed by atoms with Crippen LogP contribution in [0.25, 0.3) is 0 Å². The summed E-state index contributed by atoms with van der Waals surface area (Å²) in [6.45, 7) is 6.38. The number of aromatic nitrogens is 3. The molecule has 0 spiro atoms. The number of unbranched alkanes of at least 4 members (excludes halogenated alkanes) is 1. The minimum Gasteiger partial charge on any atom is -0.454 e. The molecule has 13 nitrogen and oxygen atoms in total. The number of nitrogens with two attached hydrogens (primary N) is 1. The lowest BCUT2D eigenvalue weighted by Gasteiger charge is -2.12. The third kappa shape index (κ3) is 10.0. The Labute approximate surface area is 245 Å². The highest BCUT2D eigenvalue weighted by molar-refractivity contribution is 5.78. The molecule has 226 valence electrons. The van der Waals surface area contributed by atoms with Gasteiger partial charge in [0, 0.05) is 37.4 Å². The zero-order valence-electron chi connectivity index (χ0n) is 24.0. The number of rotatable bonds is 19. The standard InChI is InChI=1S/C29H40N8O5/c1-2-3-12-32-27-35-28(33-19-22-5-4-6-24-26(22)42-20-41-24)37-29(36-27)34-23-9-7-21(8-10-23)18-25(38)31-13-15-40-17-16-39-14-11-30/h4-10H,2-3,11-20,30H2,1H3,(H,31,38)(H3,32,33,34,35,36,37). The monoisotopic (exact) mass is 580 g/mol. The molecule has 2 aromatic carbocycles. The Morgan fingerprint density at radius 3 is 2.45 bits per heavy atom. The molecule has 0 unspecified atom stereocenters. The van der Waals surface area contributed by atoms with Crippen molar-refractivity contribution in [2.45, 2.75) is 32.7 Å². The third-order valence-electron chi connectivity index (χ3n) is 6.14. The summed E-state index contributed by atoms with van der Waals surface area (Å²) in [7, 11) is 0. The molecule has 1 amide bonds. The number of carbonyl (C=O) groups is 1. The molecule has 0 bridgehead atoms. The molecule has 6 N–H and O–H groups in total. The predicted octanol–water partition coefficient (Wildman–Crippen LogP) is 2.82. The highest BCUT2D eigenvalue weighted by atomic mass is 16.7. The van der Waals surface area contributed by atoms with Gasteiger partial charge in [-0.3, -0.25) is 4.79 Å². The molecule has 42 heavy (non-hydrogen) atoms. The SMILES string of the molecule is CCCCNc1nc(NCc2cccc3c2OCO3)nc(Nc2ccc(CC(=O)NCCOCCOCCN)cc2)n1. The van der Waals surface area contributed by atoms with Crippen LogP contribution in [0.3, 0.4) is 0 Å². The summed E-state index contributed by atoms with van der Waals surface area (Å²) in [6.07, 6.45) is 2.32. The Bertz CT molecular complexity index is 1260. The maximum atomic E-state index is 12.3. The van der Waals surface area contributed by atoms with E-state index in [4.69, 9.17) is 24.7 Å². The van der Waals surface area contributed by atoms with Crippen molar-refractivity contribution in [1.82, 2.24) is 20.3 Å². The number of ether oxygens (including phenoxy) is 4. The number of amides is 1. The second-order valence-corrected chi connectivity index (χ2v) is 9.45. The first-order chi connectivity index (χ1) is 20.6. The summed E-state index contributed by atoms with van der Waals surface area (Å²) in [4.78, 5) is 25.9. The summed E-state index contributed by atoms with van der Waals surface area (Å²) in [5, 5.41) is 12.6. The predicted molar refractivity (Wildman–Crippen MR) is 160 cm³/mol. The lowest BCUT2D eigenvalue weighted by atomic mass is 10.1. The van der Waals surface area contributed by atoms with Gasteiger partial charge in [0.15, 0.2) is 11.5 Å². The molecular weight excluding hydrogens is 540 g/mol. The van der Waals surface area contributed by atoms with Gasteiger partial charge in [0.25, 0.3) is 0 Å². The van der Waals surface area contributed by atoms with Gasteiger partial charge in [-0.2, -0.15) is 15.0 Å². The fraction of sp³-hybridized carbons (Fsp3) is 0.448. The van der Waals surface area contributed by atoms with E-state index in [1.54, 1.807) is 0 Å². The third-order valence-corrected chi connectivity index (χ3v) is 6.14. The Morgan fingerprint density at radius 2 is 1.67 bits per heavy atom. The van der Waals surface area contributed by atoms with Crippen LogP contribution in [0.1, 0.15) is 30.9 Å². The first-order valence-electron chi connectivity index (χ1n) is 14.2. The fourth-order valence-corrected chi connectivity index (χ4v) is 4.02. The highest BCUT2D eigenvalue weighted by Gasteiger charge is 2.17. The second-order valence-electron chi connectivity index (χ2n) is 9.45. The summed E-state index contributed by atoms with van der Waals surface area (Å²) < 4.78 is 21.8. The number of para-hydroxylation sites is 1. The lowest BCUT2D eigenvalue weighted by molar-refractivity contribution is -0.120. The Hall–Kier alpha value is -4.20. The topological polar surface area (TPSA) is 167 Å². The van der Waals surface area contributed by atoms with E-state index < -0.39 is 0 Å². The molecule has 0 saturated carbocycles. The minimum atomic E-state index is -0.0734. The van der Waals surface area contributed by atoms with E-state index in [9.17, 15) is 4.79 Å². The Balaban J connectivity index is 1.30. The van der Waals surface area contributed by atoms with Gasteiger partial charge in [-0.1, -0.05) is 37.6 Å². The van der Waals surface area contributed by atoms with Gasteiger partial charge in [-0.15, -0.1) is 0 Å². The number of nitrogens with zero attached hydrogens (tertiary/aromatic N) is 3. The number of anilines is 4. The van der Waals surface area contributed by atoms with Crippen molar-refractivity contribution >= 4 is 29.4 Å². The average molecular weight is 581 g/mol. The molecule has 0 atom stereocenters. The Morgan fingerprint density at radius 1 is 0.905 bits per heavy atom. The summed E-state index contributed by atoms with van der Waals surface area (Å²) in [6, 6.07) is 13.3. The van der Waals surface area contributed by atoms with E-state index in [0.717, 1.165) is 47.7 Å². The van der Waals surface area contributed by atoms with E-state index in [1.807, 2.05) is 42.5 Å². The summed E-state index contributed by atoms with van der Waals surface area (Å²) >= 11 is 0. The van der Waals surface area contributed by atoms with Crippen molar-refractivity contribution in [2.24, 2.45) is 5.73 Å². The van der Waals surface area contributed by atoms with Crippen LogP contribution >= 0.6 is 0 Å². The van der Waals surface area contributed by atoms with Gasteiger partial charge in [-0.05, 0) is 30.2 Å². The van der Waals surface area contributed by atoms with Crippen LogP contribution in [0, 0.1) is 0 Å². The van der Waals surface area contributed by atoms with Crippen LogP contribution in [0.5, 0.6) is 11.5 Å². The van der Waals surface area contributed by atoms with Gasteiger partial charge < -0.3 is 45.9 Å². The molecule has 1 aliphatic heterocycles. The number of fused-ring (bicyclic) bond motifs is 1. The zero-order chi connectivity index (χ0) is 29.4. The number of benzene rings is 2. The number of nitrogens with one attached hydrogen (secondary N) is 4. The van der Waals surface area contributed by atoms with Gasteiger partial charge in [0.05, 0.1) is 32.8 Å². The molecule has 2 heterocycles. The quantitative estimate of drug-likeness (QED) is 0.132. The number of hydrogen-bond donors (Lipinski definition) is 5. The highest BCUT2D eigenvalue weighted by Crippen LogP contribution is 2.35. The van der Waals surface area contributed by atoms with Crippen LogP contribution in [0.15, 0.2) is 42.5 Å². The van der Waals surface area contributed by atoms with Crippen molar-refractivity contribution in [3.8, 4) is 11.5 Å². The smallest absolute Gasteiger partial charge is 0.233 e. The normalized spacial score (nSPS) is 11.8. The van der Waals surface area contributed by atoms with Gasteiger partial charge in [-0.25, -0.2) is 0 Å². The lowest BCUT2D eigenvalue weighted by Crippen LogP contribution is -2.29. The number of hydrogen-bond acceptors (Lipinski definition) is 12. The van der Waals surface area contributed by atoms with Gasteiger partial charge in [0.2, 0.25) is 30.5 Å².